The molecule has 0 aromatic carbocycles. The zero-order valence-electron chi connectivity index (χ0n) is 32.4. The second-order valence-corrected chi connectivity index (χ2v) is 15.0. The number of allylic oxidation sites excluding steroid dienone is 13. The van der Waals surface area contributed by atoms with Gasteiger partial charge in [-0.2, -0.15) is 8.42 Å². The molecule has 0 aliphatic rings. The number of rotatable bonds is 35. The molecule has 0 rings (SSSR count). The Balaban J connectivity index is 4.10. The van der Waals surface area contributed by atoms with E-state index in [2.05, 4.69) is 86.0 Å². The van der Waals surface area contributed by atoms with Gasteiger partial charge in [0.05, 0.1) is 17.9 Å². The molecule has 0 aliphatic heterocycles. The quantitative estimate of drug-likeness (QED) is 0.0342. The Hall–Kier alpha value is -2.48. The summed E-state index contributed by atoms with van der Waals surface area (Å²) in [6.45, 7) is 4.40. The Labute approximate surface area is 314 Å². The third-order valence-electron chi connectivity index (χ3n) is 8.56. The van der Waals surface area contributed by atoms with Gasteiger partial charge in [-0.3, -0.25) is 9.35 Å². The maximum atomic E-state index is 12.5. The van der Waals surface area contributed by atoms with E-state index in [1.54, 1.807) is 6.08 Å². The van der Waals surface area contributed by atoms with Gasteiger partial charge in [0.25, 0.3) is 10.1 Å². The van der Waals surface area contributed by atoms with Gasteiger partial charge in [0, 0.05) is 6.42 Å². The number of nitrogens with one attached hydrogen (secondary N) is 1. The number of hydrogen-bond acceptors (Lipinski definition) is 4. The summed E-state index contributed by atoms with van der Waals surface area (Å²) in [6, 6.07) is -1.11. The number of hydrogen-bond donors (Lipinski definition) is 3. The molecule has 3 N–H and O–H groups in total. The van der Waals surface area contributed by atoms with Gasteiger partial charge in [-0.05, 0) is 70.6 Å². The molecule has 0 spiro atoms. The van der Waals surface area contributed by atoms with Crippen LogP contribution in [-0.2, 0) is 14.9 Å². The monoisotopic (exact) mass is 730 g/mol. The minimum Gasteiger partial charge on any atom is -0.387 e. The van der Waals surface area contributed by atoms with Crippen molar-refractivity contribution in [1.29, 1.82) is 0 Å². The molecule has 2 atom stereocenters. The summed E-state index contributed by atoms with van der Waals surface area (Å²) in [5.41, 5.74) is 0. The molecular formula is C44H75NO5S. The third-order valence-corrected chi connectivity index (χ3v) is 9.34. The molecule has 0 aliphatic carbocycles. The van der Waals surface area contributed by atoms with E-state index in [1.165, 1.54) is 89.5 Å². The minimum absolute atomic E-state index is 0.205. The van der Waals surface area contributed by atoms with Gasteiger partial charge in [0.2, 0.25) is 5.91 Å². The van der Waals surface area contributed by atoms with Crippen molar-refractivity contribution in [2.45, 2.75) is 180 Å². The molecule has 51 heavy (non-hydrogen) atoms. The largest absolute Gasteiger partial charge is 0.387 e. The van der Waals surface area contributed by atoms with E-state index in [9.17, 15) is 22.9 Å². The molecule has 292 valence electrons. The summed E-state index contributed by atoms with van der Waals surface area (Å²) < 4.78 is 32.5. The van der Waals surface area contributed by atoms with Gasteiger partial charge >= 0.3 is 0 Å². The van der Waals surface area contributed by atoms with Crippen LogP contribution in [0.3, 0.4) is 0 Å². The molecule has 0 aromatic heterocycles. The Kier molecular flexibility index (Phi) is 35.5. The van der Waals surface area contributed by atoms with Crippen LogP contribution in [0.15, 0.2) is 85.1 Å². The smallest absolute Gasteiger partial charge is 0.267 e. The first-order valence-corrected chi connectivity index (χ1v) is 21.9. The standard InChI is InChI=1S/C44H75NO5S/c1-3-5-7-9-11-13-15-17-19-21-22-24-25-27-29-31-33-35-37-39-43(46)42(41-51(48,49)50)45-44(47)40-38-36-34-32-30-28-26-23-20-18-16-14-12-10-8-6-4-2/h6,8,12,14,18,20,26,28-29,31-32,34,37,39,42-43,46H,3-5,7,9-11,13,15-17,19,21-25,27,30,33,35-36,38,40-41H2,1-2H3,(H,45,47)(H,48,49,50)/b8-6-,14-12-,20-18-,28-26-,31-29+,34-32-,39-37+. The van der Waals surface area contributed by atoms with Crippen LogP contribution in [0.5, 0.6) is 0 Å². The number of aliphatic hydroxyl groups is 1. The molecule has 0 aromatic rings. The van der Waals surface area contributed by atoms with Crippen molar-refractivity contribution in [3.63, 3.8) is 0 Å². The third kappa shape index (κ3) is 38.6. The van der Waals surface area contributed by atoms with Crippen LogP contribution >= 0.6 is 0 Å². The predicted molar refractivity (Wildman–Crippen MR) is 220 cm³/mol. The summed E-state index contributed by atoms with van der Waals surface area (Å²) >= 11 is 0. The van der Waals surface area contributed by atoms with Gasteiger partial charge in [-0.15, -0.1) is 0 Å². The van der Waals surface area contributed by atoms with Crippen LogP contribution in [0.25, 0.3) is 0 Å². The summed E-state index contributed by atoms with van der Waals surface area (Å²) in [7, 11) is -4.38. The van der Waals surface area contributed by atoms with Crippen molar-refractivity contribution in [3.05, 3.63) is 85.1 Å². The van der Waals surface area contributed by atoms with E-state index in [-0.39, 0.29) is 12.3 Å². The van der Waals surface area contributed by atoms with E-state index < -0.39 is 28.0 Å². The summed E-state index contributed by atoms with van der Waals surface area (Å²) in [5, 5.41) is 13.2. The molecule has 6 nitrogen and oxygen atoms in total. The highest BCUT2D eigenvalue weighted by Crippen LogP contribution is 2.13. The zero-order chi connectivity index (χ0) is 37.5. The van der Waals surface area contributed by atoms with Gasteiger partial charge < -0.3 is 10.4 Å². The van der Waals surface area contributed by atoms with Crippen LogP contribution in [0.1, 0.15) is 168 Å². The highest BCUT2D eigenvalue weighted by Gasteiger charge is 2.24. The maximum absolute atomic E-state index is 12.5. The summed E-state index contributed by atoms with van der Waals surface area (Å²) in [4.78, 5) is 12.5. The zero-order valence-corrected chi connectivity index (χ0v) is 33.3. The van der Waals surface area contributed by atoms with E-state index in [1.807, 2.05) is 6.08 Å². The van der Waals surface area contributed by atoms with E-state index in [0.717, 1.165) is 51.4 Å². The topological polar surface area (TPSA) is 104 Å². The molecule has 0 fully saturated rings. The summed E-state index contributed by atoms with van der Waals surface area (Å²) in [6.07, 6.45) is 54.3. The van der Waals surface area contributed by atoms with E-state index in [4.69, 9.17) is 0 Å². The SMILES string of the molecule is CC/C=C\C/C=C\C/C=C\C/C=C\C/C=C\CCCC(=O)NC(CS(=O)(=O)O)C(O)/C=C/CC/C=C/CCCCCCCCCCCCCCC. The fourth-order valence-electron chi connectivity index (χ4n) is 5.56. The van der Waals surface area contributed by atoms with Crippen molar-refractivity contribution in [3.8, 4) is 0 Å². The van der Waals surface area contributed by atoms with E-state index >= 15 is 0 Å². The lowest BCUT2D eigenvalue weighted by atomic mass is 10.0. The predicted octanol–water partition coefficient (Wildman–Crippen LogP) is 12.0. The molecular weight excluding hydrogens is 655 g/mol. The second-order valence-electron chi connectivity index (χ2n) is 13.5. The molecule has 2 unspecified atom stereocenters. The number of carbonyl (C=O) groups excluding carboxylic acids is 1. The first-order valence-electron chi connectivity index (χ1n) is 20.3. The van der Waals surface area contributed by atoms with Gasteiger partial charge in [0.1, 0.15) is 0 Å². The van der Waals surface area contributed by atoms with Crippen molar-refractivity contribution in [1.82, 2.24) is 5.32 Å². The fourth-order valence-corrected chi connectivity index (χ4v) is 6.29. The average Bonchev–Trinajstić information content (AvgIpc) is 3.09. The lowest BCUT2D eigenvalue weighted by Crippen LogP contribution is -2.46. The summed E-state index contributed by atoms with van der Waals surface area (Å²) in [5.74, 6) is -1.09. The first-order chi connectivity index (χ1) is 24.8. The molecule has 0 heterocycles. The minimum atomic E-state index is -4.38. The Morgan fingerprint density at radius 3 is 1.47 bits per heavy atom. The fraction of sp³-hybridized carbons (Fsp3) is 0.659. The highest BCUT2D eigenvalue weighted by molar-refractivity contribution is 7.85. The number of carbonyl (C=O) groups is 1. The van der Waals surface area contributed by atoms with Crippen LogP contribution in [0, 0.1) is 0 Å². The normalized spacial score (nSPS) is 14.2. The van der Waals surface area contributed by atoms with Gasteiger partial charge in [-0.1, -0.05) is 176 Å². The van der Waals surface area contributed by atoms with Crippen LogP contribution < -0.4 is 5.32 Å². The molecule has 0 saturated heterocycles. The average molecular weight is 730 g/mol. The van der Waals surface area contributed by atoms with Crippen molar-refractivity contribution >= 4 is 16.0 Å². The number of aliphatic hydroxyl groups excluding tert-OH is 1. The second kappa shape index (κ2) is 37.3. The number of unbranched alkanes of at least 4 members (excludes halogenated alkanes) is 15. The lowest BCUT2D eigenvalue weighted by Gasteiger charge is -2.21. The molecule has 0 bridgehead atoms. The van der Waals surface area contributed by atoms with E-state index in [0.29, 0.717) is 12.8 Å². The van der Waals surface area contributed by atoms with Crippen molar-refractivity contribution < 1.29 is 22.9 Å². The van der Waals surface area contributed by atoms with Crippen LogP contribution in [-0.4, -0.2) is 41.9 Å². The molecule has 1 amide bonds. The lowest BCUT2D eigenvalue weighted by molar-refractivity contribution is -0.122. The first kappa shape index (κ1) is 48.5. The maximum Gasteiger partial charge on any atom is 0.267 e. The van der Waals surface area contributed by atoms with Crippen LogP contribution in [0.2, 0.25) is 0 Å². The van der Waals surface area contributed by atoms with Crippen LogP contribution in [0.4, 0.5) is 0 Å². The Morgan fingerprint density at radius 1 is 0.549 bits per heavy atom. The van der Waals surface area contributed by atoms with Crippen molar-refractivity contribution in [2.24, 2.45) is 0 Å². The number of amides is 1. The highest BCUT2D eigenvalue weighted by atomic mass is 32.2. The van der Waals surface area contributed by atoms with Gasteiger partial charge in [0.15, 0.2) is 0 Å². The Bertz CT molecular complexity index is 1120. The molecule has 7 heteroatoms. The molecule has 0 radical (unpaired) electrons. The van der Waals surface area contributed by atoms with Crippen molar-refractivity contribution in [2.75, 3.05) is 5.75 Å². The molecule has 0 saturated carbocycles. The van der Waals surface area contributed by atoms with Gasteiger partial charge in [-0.25, -0.2) is 0 Å². The Morgan fingerprint density at radius 2 is 0.961 bits per heavy atom.